The average molecular weight is 341 g/mol. The molecule has 2 aromatic carbocycles. The van der Waals surface area contributed by atoms with E-state index in [2.05, 4.69) is 10.4 Å². The van der Waals surface area contributed by atoms with Gasteiger partial charge in [0, 0.05) is 17.2 Å². The Kier molecular flexibility index (Phi) is 5.28. The smallest absolute Gasteiger partial charge is 0.235 e. The second-order valence-corrected chi connectivity index (χ2v) is 6.22. The van der Waals surface area contributed by atoms with E-state index >= 15 is 0 Å². The van der Waals surface area contributed by atoms with Gasteiger partial charge in [-0.05, 0) is 29.8 Å². The van der Waals surface area contributed by atoms with Crippen LogP contribution in [0.2, 0.25) is 0 Å². The highest BCUT2D eigenvalue weighted by atomic mass is 32.2. The highest BCUT2D eigenvalue weighted by Gasteiger charge is 2.06. The maximum absolute atomic E-state index is 12.9. The molecule has 0 aliphatic heterocycles. The lowest BCUT2D eigenvalue weighted by Crippen LogP contribution is -2.14. The molecular weight excluding hydrogens is 325 g/mol. The Bertz CT molecular complexity index is 803. The summed E-state index contributed by atoms with van der Waals surface area (Å²) in [6, 6.07) is 17.8. The first-order valence-corrected chi connectivity index (χ1v) is 8.43. The van der Waals surface area contributed by atoms with Gasteiger partial charge in [-0.2, -0.15) is 5.10 Å². The van der Waals surface area contributed by atoms with Crippen molar-refractivity contribution < 1.29 is 9.18 Å². The van der Waals surface area contributed by atoms with Gasteiger partial charge in [-0.1, -0.05) is 30.3 Å². The molecule has 1 amide bonds. The van der Waals surface area contributed by atoms with Crippen LogP contribution in [0.4, 0.5) is 10.2 Å². The van der Waals surface area contributed by atoms with Crippen molar-refractivity contribution in [1.82, 2.24) is 9.78 Å². The zero-order valence-electron chi connectivity index (χ0n) is 12.9. The summed E-state index contributed by atoms with van der Waals surface area (Å²) in [6.45, 7) is 0.523. The van der Waals surface area contributed by atoms with Crippen LogP contribution in [0, 0.1) is 5.82 Å². The molecule has 0 spiro atoms. The minimum absolute atomic E-state index is 0.101. The lowest BCUT2D eigenvalue weighted by atomic mass is 10.2. The van der Waals surface area contributed by atoms with Gasteiger partial charge in [0.25, 0.3) is 0 Å². The molecule has 1 N–H and O–H groups in total. The van der Waals surface area contributed by atoms with Crippen molar-refractivity contribution in [3.05, 3.63) is 78.2 Å². The van der Waals surface area contributed by atoms with Gasteiger partial charge in [-0.3, -0.25) is 9.48 Å². The van der Waals surface area contributed by atoms with E-state index in [1.54, 1.807) is 29.1 Å². The van der Waals surface area contributed by atoms with E-state index in [0.29, 0.717) is 18.1 Å². The first-order valence-electron chi connectivity index (χ1n) is 7.45. The molecule has 122 valence electrons. The maximum Gasteiger partial charge on any atom is 0.235 e. The highest BCUT2D eigenvalue weighted by molar-refractivity contribution is 8.00. The number of rotatable bonds is 6. The first kappa shape index (κ1) is 16.3. The molecule has 24 heavy (non-hydrogen) atoms. The maximum atomic E-state index is 12.9. The lowest BCUT2D eigenvalue weighted by Gasteiger charge is -2.03. The molecule has 0 aliphatic carbocycles. The number of anilines is 1. The number of amides is 1. The SMILES string of the molecule is O=C(CSc1ccccc1)Nc1ccn(Cc2ccc(F)cc2)n1. The number of halogens is 1. The molecule has 3 aromatic rings. The summed E-state index contributed by atoms with van der Waals surface area (Å²) in [5.74, 6) is 0.476. The molecule has 4 nitrogen and oxygen atoms in total. The summed E-state index contributed by atoms with van der Waals surface area (Å²) < 4.78 is 14.6. The molecule has 0 atom stereocenters. The predicted octanol–water partition coefficient (Wildman–Crippen LogP) is 3.80. The number of nitrogens with one attached hydrogen (secondary N) is 1. The number of hydrogen-bond acceptors (Lipinski definition) is 3. The molecule has 0 fully saturated rings. The Hall–Kier alpha value is -2.60. The van der Waals surface area contributed by atoms with Crippen LogP contribution in [0.1, 0.15) is 5.56 Å². The fourth-order valence-electron chi connectivity index (χ4n) is 2.14. The van der Waals surface area contributed by atoms with Crippen molar-refractivity contribution >= 4 is 23.5 Å². The van der Waals surface area contributed by atoms with Crippen molar-refractivity contribution in [3.8, 4) is 0 Å². The molecule has 0 saturated carbocycles. The van der Waals surface area contributed by atoms with E-state index in [0.717, 1.165) is 10.5 Å². The van der Waals surface area contributed by atoms with E-state index in [1.165, 1.54) is 23.9 Å². The summed E-state index contributed by atoms with van der Waals surface area (Å²) in [5.41, 5.74) is 0.942. The van der Waals surface area contributed by atoms with Crippen LogP contribution in [-0.2, 0) is 11.3 Å². The Morgan fingerprint density at radius 1 is 1.08 bits per heavy atom. The van der Waals surface area contributed by atoms with Gasteiger partial charge in [-0.15, -0.1) is 11.8 Å². The largest absolute Gasteiger partial charge is 0.308 e. The normalized spacial score (nSPS) is 10.5. The Morgan fingerprint density at radius 3 is 2.58 bits per heavy atom. The lowest BCUT2D eigenvalue weighted by molar-refractivity contribution is -0.113. The topological polar surface area (TPSA) is 46.9 Å². The van der Waals surface area contributed by atoms with E-state index in [-0.39, 0.29) is 11.7 Å². The summed E-state index contributed by atoms with van der Waals surface area (Å²) in [6.07, 6.45) is 1.78. The van der Waals surface area contributed by atoms with Crippen molar-refractivity contribution in [2.24, 2.45) is 0 Å². The molecule has 1 heterocycles. The van der Waals surface area contributed by atoms with Gasteiger partial charge in [0.15, 0.2) is 5.82 Å². The van der Waals surface area contributed by atoms with Gasteiger partial charge in [-0.25, -0.2) is 4.39 Å². The number of benzene rings is 2. The van der Waals surface area contributed by atoms with Crippen LogP contribution in [0.3, 0.4) is 0 Å². The first-order chi connectivity index (χ1) is 11.7. The molecule has 0 radical (unpaired) electrons. The number of hydrogen-bond donors (Lipinski definition) is 1. The molecule has 0 bridgehead atoms. The van der Waals surface area contributed by atoms with Crippen molar-refractivity contribution in [2.45, 2.75) is 11.4 Å². The van der Waals surface area contributed by atoms with Gasteiger partial charge < -0.3 is 5.32 Å². The highest BCUT2D eigenvalue weighted by Crippen LogP contribution is 2.17. The summed E-state index contributed by atoms with van der Waals surface area (Å²) in [5, 5.41) is 7.08. The molecule has 3 rings (SSSR count). The molecule has 1 aromatic heterocycles. The van der Waals surface area contributed by atoms with Crippen LogP contribution in [-0.4, -0.2) is 21.4 Å². The second kappa shape index (κ2) is 7.79. The van der Waals surface area contributed by atoms with Crippen molar-refractivity contribution in [3.63, 3.8) is 0 Å². The molecule has 0 unspecified atom stereocenters. The fraction of sp³-hybridized carbons (Fsp3) is 0.111. The quantitative estimate of drug-likeness (QED) is 0.694. The number of carbonyl (C=O) groups excluding carboxylic acids is 1. The van der Waals surface area contributed by atoms with Crippen LogP contribution < -0.4 is 5.32 Å². The number of carbonyl (C=O) groups is 1. The van der Waals surface area contributed by atoms with Crippen LogP contribution in [0.15, 0.2) is 71.8 Å². The Balaban J connectivity index is 1.51. The zero-order valence-corrected chi connectivity index (χ0v) is 13.7. The summed E-state index contributed by atoms with van der Waals surface area (Å²) >= 11 is 1.48. The van der Waals surface area contributed by atoms with Crippen LogP contribution in [0.25, 0.3) is 0 Å². The third-order valence-corrected chi connectivity index (χ3v) is 4.29. The molecule has 0 aliphatic rings. The number of nitrogens with zero attached hydrogens (tertiary/aromatic N) is 2. The number of aromatic nitrogens is 2. The van der Waals surface area contributed by atoms with Crippen molar-refractivity contribution in [1.29, 1.82) is 0 Å². The Morgan fingerprint density at radius 2 is 1.83 bits per heavy atom. The minimum Gasteiger partial charge on any atom is -0.308 e. The van der Waals surface area contributed by atoms with E-state index in [1.807, 2.05) is 30.3 Å². The zero-order chi connectivity index (χ0) is 16.8. The standard InChI is InChI=1S/C18H16FN3OS/c19-15-8-6-14(7-9-15)12-22-11-10-17(21-22)20-18(23)13-24-16-4-2-1-3-5-16/h1-11H,12-13H2,(H,20,21,23). The van der Waals surface area contributed by atoms with E-state index < -0.39 is 0 Å². The summed E-state index contributed by atoms with van der Waals surface area (Å²) in [7, 11) is 0. The average Bonchev–Trinajstić information content (AvgIpc) is 3.03. The van der Waals surface area contributed by atoms with Crippen molar-refractivity contribution in [2.75, 3.05) is 11.1 Å². The van der Waals surface area contributed by atoms with Crippen LogP contribution in [0.5, 0.6) is 0 Å². The molecule has 6 heteroatoms. The number of thioether (sulfide) groups is 1. The van der Waals surface area contributed by atoms with E-state index in [4.69, 9.17) is 0 Å². The predicted molar refractivity (Wildman–Crippen MR) is 93.5 cm³/mol. The molecule has 0 saturated heterocycles. The molecular formula is C18H16FN3OS. The van der Waals surface area contributed by atoms with E-state index in [9.17, 15) is 9.18 Å². The van der Waals surface area contributed by atoms with Gasteiger partial charge in [0.2, 0.25) is 5.91 Å². The third-order valence-electron chi connectivity index (χ3n) is 3.28. The van der Waals surface area contributed by atoms with Gasteiger partial charge >= 0.3 is 0 Å². The van der Waals surface area contributed by atoms with Crippen LogP contribution >= 0.6 is 11.8 Å². The second-order valence-electron chi connectivity index (χ2n) is 5.17. The monoisotopic (exact) mass is 341 g/mol. The Labute approximate surface area is 143 Å². The third kappa shape index (κ3) is 4.70. The fourth-order valence-corrected chi connectivity index (χ4v) is 2.86. The summed E-state index contributed by atoms with van der Waals surface area (Å²) in [4.78, 5) is 13.0. The van der Waals surface area contributed by atoms with Gasteiger partial charge in [0.05, 0.1) is 12.3 Å². The minimum atomic E-state index is -0.261. The van der Waals surface area contributed by atoms with Gasteiger partial charge in [0.1, 0.15) is 5.82 Å².